The monoisotopic (exact) mass is 169 g/mol. The van der Waals surface area contributed by atoms with E-state index in [0.717, 1.165) is 18.7 Å². The van der Waals surface area contributed by atoms with Crippen LogP contribution < -0.4 is 11.1 Å². The van der Waals surface area contributed by atoms with Gasteiger partial charge in [0, 0.05) is 6.54 Å². The highest BCUT2D eigenvalue weighted by Crippen LogP contribution is 1.99. The fourth-order valence-electron chi connectivity index (χ4n) is 0.896. The van der Waals surface area contributed by atoms with Crippen LogP contribution in [0.4, 0.5) is 0 Å². The second kappa shape index (κ2) is 4.90. The molecule has 3 N–H and O–H groups in total. The number of hydrogen-bond acceptors (Lipinski definition) is 4. The van der Waals surface area contributed by atoms with Crippen LogP contribution in [0.15, 0.2) is 10.7 Å². The van der Waals surface area contributed by atoms with Crippen LogP contribution in [0.1, 0.15) is 24.9 Å². The second-order valence-corrected chi connectivity index (χ2v) is 2.61. The number of nitrogens with one attached hydrogen (secondary N) is 1. The van der Waals surface area contributed by atoms with E-state index in [1.54, 1.807) is 6.26 Å². The lowest BCUT2D eigenvalue weighted by Crippen LogP contribution is -2.14. The quantitative estimate of drug-likeness (QED) is 0.635. The van der Waals surface area contributed by atoms with Crippen molar-refractivity contribution < 1.29 is 4.42 Å². The summed E-state index contributed by atoms with van der Waals surface area (Å²) in [5, 5.41) is 3.19. The Bertz CT molecular complexity index is 222. The average Bonchev–Trinajstić information content (AvgIpc) is 2.53. The van der Waals surface area contributed by atoms with Crippen molar-refractivity contribution in [1.82, 2.24) is 10.3 Å². The molecule has 0 saturated carbocycles. The van der Waals surface area contributed by atoms with Crippen LogP contribution in [0.3, 0.4) is 0 Å². The van der Waals surface area contributed by atoms with Gasteiger partial charge in [-0.1, -0.05) is 6.92 Å². The Morgan fingerprint density at radius 1 is 1.67 bits per heavy atom. The Kier molecular flexibility index (Phi) is 3.76. The zero-order chi connectivity index (χ0) is 8.81. The molecule has 0 spiro atoms. The lowest BCUT2D eigenvalue weighted by atomic mass is 10.4. The summed E-state index contributed by atoms with van der Waals surface area (Å²) in [5.41, 5.74) is 6.18. The highest BCUT2D eigenvalue weighted by molar-refractivity contribution is 4.95. The first-order valence-corrected chi connectivity index (χ1v) is 4.21. The van der Waals surface area contributed by atoms with E-state index in [2.05, 4.69) is 17.2 Å². The highest BCUT2D eigenvalue weighted by atomic mass is 16.3. The van der Waals surface area contributed by atoms with Crippen molar-refractivity contribution in [3.63, 3.8) is 0 Å². The number of hydrogen-bond donors (Lipinski definition) is 2. The molecule has 4 nitrogen and oxygen atoms in total. The molecule has 0 aliphatic heterocycles. The van der Waals surface area contributed by atoms with Gasteiger partial charge in [0.15, 0.2) is 0 Å². The number of nitrogens with two attached hydrogens (primary N) is 1. The van der Waals surface area contributed by atoms with Crippen LogP contribution in [0.2, 0.25) is 0 Å². The minimum Gasteiger partial charge on any atom is -0.447 e. The second-order valence-electron chi connectivity index (χ2n) is 2.61. The molecule has 0 aliphatic rings. The Morgan fingerprint density at radius 2 is 2.50 bits per heavy atom. The Hall–Kier alpha value is -0.870. The van der Waals surface area contributed by atoms with Crippen LogP contribution in [-0.2, 0) is 13.1 Å². The van der Waals surface area contributed by atoms with E-state index in [1.165, 1.54) is 0 Å². The third kappa shape index (κ3) is 2.64. The van der Waals surface area contributed by atoms with Gasteiger partial charge in [0.2, 0.25) is 5.89 Å². The Morgan fingerprint density at radius 3 is 3.08 bits per heavy atom. The van der Waals surface area contributed by atoms with Crippen molar-refractivity contribution in [3.05, 3.63) is 17.8 Å². The third-order valence-corrected chi connectivity index (χ3v) is 1.51. The predicted molar refractivity (Wildman–Crippen MR) is 46.4 cm³/mol. The molecule has 12 heavy (non-hydrogen) atoms. The van der Waals surface area contributed by atoms with Crippen molar-refractivity contribution >= 4 is 0 Å². The molecular formula is C8H15N3O. The molecule has 68 valence electrons. The molecule has 1 rings (SSSR count). The van der Waals surface area contributed by atoms with Gasteiger partial charge < -0.3 is 15.5 Å². The van der Waals surface area contributed by atoms with E-state index in [1.807, 2.05) is 0 Å². The number of oxazole rings is 1. The van der Waals surface area contributed by atoms with Crippen LogP contribution in [-0.4, -0.2) is 11.5 Å². The van der Waals surface area contributed by atoms with Gasteiger partial charge in [-0.25, -0.2) is 4.98 Å². The largest absolute Gasteiger partial charge is 0.447 e. The van der Waals surface area contributed by atoms with E-state index in [9.17, 15) is 0 Å². The van der Waals surface area contributed by atoms with Gasteiger partial charge in [0.1, 0.15) is 6.26 Å². The lowest BCUT2D eigenvalue weighted by Gasteiger charge is -1.96. The number of nitrogens with zero attached hydrogens (tertiary/aromatic N) is 1. The van der Waals surface area contributed by atoms with Gasteiger partial charge >= 0.3 is 0 Å². The average molecular weight is 169 g/mol. The molecule has 0 saturated heterocycles. The van der Waals surface area contributed by atoms with Crippen molar-refractivity contribution in [2.45, 2.75) is 26.4 Å². The first-order chi connectivity index (χ1) is 5.86. The summed E-state index contributed by atoms with van der Waals surface area (Å²) < 4.78 is 5.15. The normalized spacial score (nSPS) is 10.5. The molecule has 0 unspecified atom stereocenters. The molecule has 0 atom stereocenters. The van der Waals surface area contributed by atoms with Crippen LogP contribution in [0.25, 0.3) is 0 Å². The standard InChI is InChI=1S/C8H15N3O/c1-2-3-10-5-8-11-7(4-9)6-12-8/h6,10H,2-5,9H2,1H3. The van der Waals surface area contributed by atoms with Crippen LogP contribution in [0.5, 0.6) is 0 Å². The smallest absolute Gasteiger partial charge is 0.208 e. The summed E-state index contributed by atoms with van der Waals surface area (Å²) in [6.45, 7) is 4.24. The molecule has 1 heterocycles. The number of aromatic nitrogens is 1. The Balaban J connectivity index is 2.31. The minimum atomic E-state index is 0.442. The first-order valence-electron chi connectivity index (χ1n) is 4.21. The summed E-state index contributed by atoms with van der Waals surface area (Å²) in [5.74, 6) is 0.712. The van der Waals surface area contributed by atoms with Gasteiger partial charge in [-0.15, -0.1) is 0 Å². The molecule has 1 aromatic rings. The predicted octanol–water partition coefficient (Wildman–Crippen LogP) is 0.633. The number of rotatable bonds is 5. The minimum absolute atomic E-state index is 0.442. The fraction of sp³-hybridized carbons (Fsp3) is 0.625. The zero-order valence-corrected chi connectivity index (χ0v) is 7.34. The molecule has 0 radical (unpaired) electrons. The summed E-state index contributed by atoms with van der Waals surface area (Å²) >= 11 is 0. The summed E-state index contributed by atoms with van der Waals surface area (Å²) in [7, 11) is 0. The molecular weight excluding hydrogens is 154 g/mol. The van der Waals surface area contributed by atoms with E-state index < -0.39 is 0 Å². The van der Waals surface area contributed by atoms with Gasteiger partial charge in [0.05, 0.1) is 12.2 Å². The van der Waals surface area contributed by atoms with Crippen molar-refractivity contribution in [2.24, 2.45) is 5.73 Å². The molecule has 0 bridgehead atoms. The van der Waals surface area contributed by atoms with Gasteiger partial charge in [-0.05, 0) is 13.0 Å². The topological polar surface area (TPSA) is 64.1 Å². The molecule has 4 heteroatoms. The Labute approximate surface area is 72.2 Å². The maximum atomic E-state index is 5.38. The maximum Gasteiger partial charge on any atom is 0.208 e. The van der Waals surface area contributed by atoms with Gasteiger partial charge in [-0.3, -0.25) is 0 Å². The van der Waals surface area contributed by atoms with Gasteiger partial charge in [0.25, 0.3) is 0 Å². The highest BCUT2D eigenvalue weighted by Gasteiger charge is 2.00. The van der Waals surface area contributed by atoms with E-state index in [-0.39, 0.29) is 0 Å². The molecule has 0 aromatic carbocycles. The molecule has 0 fully saturated rings. The van der Waals surface area contributed by atoms with Gasteiger partial charge in [-0.2, -0.15) is 0 Å². The SMILES string of the molecule is CCCNCc1nc(CN)co1. The molecule has 0 aliphatic carbocycles. The summed E-state index contributed by atoms with van der Waals surface area (Å²) in [4.78, 5) is 4.15. The van der Waals surface area contributed by atoms with E-state index in [0.29, 0.717) is 19.0 Å². The molecule has 1 aromatic heterocycles. The zero-order valence-electron chi connectivity index (χ0n) is 7.34. The lowest BCUT2D eigenvalue weighted by molar-refractivity contribution is 0.468. The maximum absolute atomic E-state index is 5.38. The van der Waals surface area contributed by atoms with E-state index >= 15 is 0 Å². The third-order valence-electron chi connectivity index (χ3n) is 1.51. The van der Waals surface area contributed by atoms with Crippen LogP contribution >= 0.6 is 0 Å². The van der Waals surface area contributed by atoms with Crippen molar-refractivity contribution in [3.8, 4) is 0 Å². The first kappa shape index (κ1) is 9.22. The van der Waals surface area contributed by atoms with Crippen LogP contribution in [0, 0.1) is 0 Å². The fourth-order valence-corrected chi connectivity index (χ4v) is 0.896. The summed E-state index contributed by atoms with van der Waals surface area (Å²) in [6, 6.07) is 0. The van der Waals surface area contributed by atoms with Crippen molar-refractivity contribution in [1.29, 1.82) is 0 Å². The van der Waals surface area contributed by atoms with E-state index in [4.69, 9.17) is 10.2 Å². The van der Waals surface area contributed by atoms with Crippen molar-refractivity contribution in [2.75, 3.05) is 6.54 Å². The summed E-state index contributed by atoms with van der Waals surface area (Å²) in [6.07, 6.45) is 2.72. The molecule has 0 amide bonds.